The number of carbonyl (C=O) groups excluding carboxylic acids is 1. The van der Waals surface area contributed by atoms with Crippen molar-refractivity contribution in [2.75, 3.05) is 5.32 Å². The summed E-state index contributed by atoms with van der Waals surface area (Å²) in [7, 11) is 0. The van der Waals surface area contributed by atoms with Crippen molar-refractivity contribution in [1.82, 2.24) is 4.98 Å². The Morgan fingerprint density at radius 2 is 1.64 bits per heavy atom. The van der Waals surface area contributed by atoms with Gasteiger partial charge in [0.25, 0.3) is 0 Å². The van der Waals surface area contributed by atoms with E-state index in [0.717, 1.165) is 11.6 Å². The molecule has 1 aromatic heterocycles. The minimum absolute atomic E-state index is 0.192. The van der Waals surface area contributed by atoms with E-state index in [-0.39, 0.29) is 22.2 Å². The number of carboxylic acid groups (broad SMARTS) is 1. The van der Waals surface area contributed by atoms with Crippen LogP contribution < -0.4 is 5.32 Å². The Morgan fingerprint density at radius 3 is 2.36 bits per heavy atom. The molecule has 0 fully saturated rings. The molecule has 0 saturated carbocycles. The largest absolute Gasteiger partial charge is 0.481 e. The zero-order valence-electron chi connectivity index (χ0n) is 22.7. The quantitative estimate of drug-likeness (QED) is 0.175. The number of anilines is 1. The molecule has 8 heteroatoms. The van der Waals surface area contributed by atoms with Gasteiger partial charge in [0, 0.05) is 40.5 Å². The standard InChI is InChI=1S/C34H27F3N2O3/c1-2-26(33(41)42)23-12-6-9-21(17-23)19-38-25-14-7-13-24(18-25)30-27-15-8-16-29(34(35,36)37)31(27)39-20-28(30)32(40)22-10-4-3-5-11-22/h3-18,20,26,38H,2,19H2,1H3,(H,41,42). The summed E-state index contributed by atoms with van der Waals surface area (Å²) in [5, 5.41) is 13.1. The SMILES string of the molecule is CCC(C(=O)O)c1cccc(CNc2cccc(-c3c(C(=O)c4ccccc4)cnc4c(C(F)(F)F)cccc34)c2)c1. The number of nitrogens with zero attached hydrogens (tertiary/aromatic N) is 1. The number of rotatable bonds is 9. The molecule has 0 radical (unpaired) electrons. The Balaban J connectivity index is 1.56. The smallest absolute Gasteiger partial charge is 0.418 e. The van der Waals surface area contributed by atoms with Crippen molar-refractivity contribution in [1.29, 1.82) is 0 Å². The Morgan fingerprint density at radius 1 is 0.905 bits per heavy atom. The number of para-hydroxylation sites is 1. The highest BCUT2D eigenvalue weighted by molar-refractivity contribution is 6.16. The topological polar surface area (TPSA) is 79.3 Å². The molecular formula is C34H27F3N2O3. The summed E-state index contributed by atoms with van der Waals surface area (Å²) < 4.78 is 41.7. The first kappa shape index (κ1) is 28.5. The van der Waals surface area contributed by atoms with Crippen molar-refractivity contribution in [2.45, 2.75) is 32.0 Å². The number of nitrogens with one attached hydrogen (secondary N) is 1. The maximum Gasteiger partial charge on any atom is 0.418 e. The highest BCUT2D eigenvalue weighted by Gasteiger charge is 2.34. The number of carbonyl (C=O) groups is 2. The first-order valence-electron chi connectivity index (χ1n) is 13.4. The number of ketones is 1. The summed E-state index contributed by atoms with van der Waals surface area (Å²) in [4.78, 5) is 29.3. The lowest BCUT2D eigenvalue weighted by molar-refractivity contribution is -0.139. The average Bonchev–Trinajstić information content (AvgIpc) is 2.99. The Labute approximate surface area is 240 Å². The van der Waals surface area contributed by atoms with Gasteiger partial charge in [-0.15, -0.1) is 0 Å². The summed E-state index contributed by atoms with van der Waals surface area (Å²) in [5.41, 5.74) is 2.66. The number of hydrogen-bond donors (Lipinski definition) is 2. The number of halogens is 3. The molecule has 0 aliphatic rings. The van der Waals surface area contributed by atoms with E-state index in [1.165, 1.54) is 12.3 Å². The maximum atomic E-state index is 13.9. The number of alkyl halides is 3. The fourth-order valence-corrected chi connectivity index (χ4v) is 5.14. The summed E-state index contributed by atoms with van der Waals surface area (Å²) in [6.07, 6.45) is -2.93. The molecule has 5 nitrogen and oxygen atoms in total. The molecule has 0 saturated heterocycles. The van der Waals surface area contributed by atoms with Crippen LogP contribution in [0, 0.1) is 0 Å². The van der Waals surface area contributed by atoms with Gasteiger partial charge in [0.2, 0.25) is 0 Å². The molecule has 4 aromatic carbocycles. The molecule has 5 aromatic rings. The highest BCUT2D eigenvalue weighted by atomic mass is 19.4. The summed E-state index contributed by atoms with van der Waals surface area (Å²) in [6.45, 7) is 2.21. The Kier molecular flexibility index (Phi) is 8.06. The fraction of sp³-hybridized carbons (Fsp3) is 0.147. The normalized spacial score (nSPS) is 12.2. The van der Waals surface area contributed by atoms with Gasteiger partial charge in [0.05, 0.1) is 17.0 Å². The molecule has 5 rings (SSSR count). The van der Waals surface area contributed by atoms with Gasteiger partial charge in [-0.1, -0.05) is 85.8 Å². The molecule has 0 bridgehead atoms. The van der Waals surface area contributed by atoms with Gasteiger partial charge in [-0.2, -0.15) is 13.2 Å². The third kappa shape index (κ3) is 5.88. The van der Waals surface area contributed by atoms with Gasteiger partial charge in [0.1, 0.15) is 0 Å². The molecule has 42 heavy (non-hydrogen) atoms. The molecule has 1 atom stereocenters. The number of aromatic nitrogens is 1. The van der Waals surface area contributed by atoms with Gasteiger partial charge in [-0.05, 0) is 41.3 Å². The van der Waals surface area contributed by atoms with Crippen LogP contribution in [0.5, 0.6) is 0 Å². The van der Waals surface area contributed by atoms with E-state index in [0.29, 0.717) is 40.9 Å². The minimum Gasteiger partial charge on any atom is -0.481 e. The minimum atomic E-state index is -4.62. The number of fused-ring (bicyclic) bond motifs is 1. The van der Waals surface area contributed by atoms with Gasteiger partial charge >= 0.3 is 12.1 Å². The third-order valence-electron chi connectivity index (χ3n) is 7.19. The van der Waals surface area contributed by atoms with Crippen LogP contribution in [-0.2, 0) is 17.5 Å². The number of aliphatic carboxylic acids is 1. The van der Waals surface area contributed by atoms with Crippen molar-refractivity contribution in [3.63, 3.8) is 0 Å². The van der Waals surface area contributed by atoms with Gasteiger partial charge < -0.3 is 10.4 Å². The second kappa shape index (κ2) is 11.9. The van der Waals surface area contributed by atoms with E-state index >= 15 is 0 Å². The van der Waals surface area contributed by atoms with E-state index in [4.69, 9.17) is 0 Å². The second-order valence-corrected chi connectivity index (χ2v) is 9.92. The molecular weight excluding hydrogens is 541 g/mol. The van der Waals surface area contributed by atoms with Crippen molar-refractivity contribution in [2.24, 2.45) is 0 Å². The molecule has 1 unspecified atom stereocenters. The second-order valence-electron chi connectivity index (χ2n) is 9.92. The van der Waals surface area contributed by atoms with Crippen LogP contribution in [0.4, 0.5) is 18.9 Å². The Hall–Kier alpha value is -4.98. The van der Waals surface area contributed by atoms with E-state index < -0.39 is 23.6 Å². The van der Waals surface area contributed by atoms with Crippen molar-refractivity contribution in [3.05, 3.63) is 131 Å². The maximum absolute atomic E-state index is 13.9. The van der Waals surface area contributed by atoms with Gasteiger partial charge in [0.15, 0.2) is 5.78 Å². The van der Waals surface area contributed by atoms with E-state index in [9.17, 15) is 27.9 Å². The zero-order chi connectivity index (χ0) is 29.9. The molecule has 0 aliphatic heterocycles. The van der Waals surface area contributed by atoms with Crippen molar-refractivity contribution < 1.29 is 27.9 Å². The first-order valence-corrected chi connectivity index (χ1v) is 13.4. The van der Waals surface area contributed by atoms with E-state index in [1.54, 1.807) is 60.7 Å². The lowest BCUT2D eigenvalue weighted by Crippen LogP contribution is -2.11. The van der Waals surface area contributed by atoms with Gasteiger partial charge in [-0.3, -0.25) is 14.6 Å². The average molecular weight is 569 g/mol. The summed E-state index contributed by atoms with van der Waals surface area (Å²) >= 11 is 0. The van der Waals surface area contributed by atoms with Crippen LogP contribution in [0.25, 0.3) is 22.0 Å². The zero-order valence-corrected chi connectivity index (χ0v) is 22.7. The lowest BCUT2D eigenvalue weighted by atomic mass is 9.91. The van der Waals surface area contributed by atoms with E-state index in [2.05, 4.69) is 10.3 Å². The van der Waals surface area contributed by atoms with Crippen LogP contribution in [-0.4, -0.2) is 21.8 Å². The fourth-order valence-electron chi connectivity index (χ4n) is 5.14. The predicted molar refractivity (Wildman–Crippen MR) is 156 cm³/mol. The van der Waals surface area contributed by atoms with Crippen molar-refractivity contribution >= 4 is 28.3 Å². The molecule has 212 valence electrons. The van der Waals surface area contributed by atoms with Crippen LogP contribution in [0.3, 0.4) is 0 Å². The summed E-state index contributed by atoms with van der Waals surface area (Å²) in [6, 6.07) is 26.9. The number of pyridine rings is 1. The molecule has 0 amide bonds. The number of hydrogen-bond acceptors (Lipinski definition) is 4. The monoisotopic (exact) mass is 568 g/mol. The Bertz CT molecular complexity index is 1770. The highest BCUT2D eigenvalue weighted by Crippen LogP contribution is 2.39. The molecule has 2 N–H and O–H groups in total. The van der Waals surface area contributed by atoms with Crippen LogP contribution in [0.1, 0.15) is 51.9 Å². The van der Waals surface area contributed by atoms with Crippen LogP contribution in [0.15, 0.2) is 103 Å². The third-order valence-corrected chi connectivity index (χ3v) is 7.19. The van der Waals surface area contributed by atoms with Crippen molar-refractivity contribution in [3.8, 4) is 11.1 Å². The first-order chi connectivity index (χ1) is 20.2. The lowest BCUT2D eigenvalue weighted by Gasteiger charge is -2.17. The summed E-state index contributed by atoms with van der Waals surface area (Å²) in [5.74, 6) is -1.83. The predicted octanol–water partition coefficient (Wildman–Crippen LogP) is 8.34. The van der Waals surface area contributed by atoms with Gasteiger partial charge in [-0.25, -0.2) is 0 Å². The molecule has 0 spiro atoms. The number of carboxylic acids is 1. The molecule has 0 aliphatic carbocycles. The molecule has 1 heterocycles. The van der Waals surface area contributed by atoms with E-state index in [1.807, 2.05) is 31.2 Å². The van der Waals surface area contributed by atoms with Crippen LogP contribution in [0.2, 0.25) is 0 Å². The van der Waals surface area contributed by atoms with Crippen LogP contribution >= 0.6 is 0 Å². The number of benzene rings is 4.